The predicted octanol–water partition coefficient (Wildman–Crippen LogP) is 1.64. The molecule has 1 unspecified atom stereocenters. The van der Waals surface area contributed by atoms with E-state index in [1.165, 1.54) is 11.3 Å². The van der Waals surface area contributed by atoms with E-state index >= 15 is 0 Å². The molecule has 3 N–H and O–H groups in total. The topological polar surface area (TPSA) is 68.0 Å². The largest absolute Gasteiger partial charge is 0.392 e. The number of thiocarbonyl (C=S) groups is 1. The number of hydrogen-bond donors (Lipinski definition) is 2. The van der Waals surface area contributed by atoms with Crippen LogP contribution in [0.2, 0.25) is 0 Å². The number of hydrogen-bond acceptors (Lipinski definition) is 4. The average molecular weight is 257 g/mol. The lowest BCUT2D eigenvalue weighted by Crippen LogP contribution is -2.43. The van der Waals surface area contributed by atoms with Crippen molar-refractivity contribution in [2.75, 3.05) is 0 Å². The molecule has 0 aliphatic carbocycles. The van der Waals surface area contributed by atoms with Crippen molar-refractivity contribution in [1.29, 1.82) is 0 Å². The molecular weight excluding hydrogens is 242 g/mol. The first-order chi connectivity index (χ1) is 7.54. The van der Waals surface area contributed by atoms with Crippen LogP contribution in [0.15, 0.2) is 6.20 Å². The van der Waals surface area contributed by atoms with Gasteiger partial charge < -0.3 is 11.1 Å². The smallest absolute Gasteiger partial charge is 0.263 e. The summed E-state index contributed by atoms with van der Waals surface area (Å²) in [4.78, 5) is 16.7. The second-order valence-corrected chi connectivity index (χ2v) is 5.17. The van der Waals surface area contributed by atoms with E-state index in [-0.39, 0.29) is 11.9 Å². The number of nitrogens with one attached hydrogen (secondary N) is 1. The Morgan fingerprint density at radius 2 is 2.44 bits per heavy atom. The molecule has 0 saturated heterocycles. The Hall–Kier alpha value is -1.01. The van der Waals surface area contributed by atoms with Gasteiger partial charge in [-0.15, -0.1) is 11.3 Å². The minimum Gasteiger partial charge on any atom is -0.392 e. The summed E-state index contributed by atoms with van der Waals surface area (Å²) in [5.74, 6) is -0.156. The van der Waals surface area contributed by atoms with Crippen LogP contribution in [0.1, 0.15) is 34.4 Å². The maximum Gasteiger partial charge on any atom is 0.263 e. The number of amides is 1. The molecule has 0 saturated carbocycles. The lowest BCUT2D eigenvalue weighted by atomic mass is 10.1. The van der Waals surface area contributed by atoms with E-state index in [1.807, 2.05) is 13.8 Å². The molecule has 16 heavy (non-hydrogen) atoms. The number of carbonyl (C=O) groups is 1. The Kier molecular flexibility index (Phi) is 4.82. The van der Waals surface area contributed by atoms with Crippen molar-refractivity contribution in [3.05, 3.63) is 16.1 Å². The third-order valence-corrected chi connectivity index (χ3v) is 3.27. The first kappa shape index (κ1) is 13.1. The van der Waals surface area contributed by atoms with E-state index in [9.17, 15) is 4.79 Å². The fourth-order valence-corrected chi connectivity index (χ4v) is 2.13. The number of aromatic nitrogens is 1. The molecule has 4 nitrogen and oxygen atoms in total. The van der Waals surface area contributed by atoms with Crippen LogP contribution in [0.5, 0.6) is 0 Å². The molecule has 0 spiro atoms. The van der Waals surface area contributed by atoms with Crippen molar-refractivity contribution in [3.8, 4) is 0 Å². The molecule has 0 fully saturated rings. The number of rotatable bonds is 5. The first-order valence-corrected chi connectivity index (χ1v) is 6.29. The van der Waals surface area contributed by atoms with Crippen molar-refractivity contribution < 1.29 is 4.79 Å². The summed E-state index contributed by atoms with van der Waals surface area (Å²) in [5, 5.41) is 3.68. The number of aryl methyl sites for hydroxylation is 1. The monoisotopic (exact) mass is 257 g/mol. The highest BCUT2D eigenvalue weighted by atomic mass is 32.1. The Labute approximate surface area is 104 Å². The minimum atomic E-state index is -0.227. The standard InChI is InChI=1S/C10H15N3OS2/c1-3-4-7(9(11)15)13-10(14)8-5-12-6(2)16-8/h5,7H,3-4H2,1-2H3,(H2,11,15)(H,13,14). The molecule has 1 heterocycles. The summed E-state index contributed by atoms with van der Waals surface area (Å²) < 4.78 is 0. The van der Waals surface area contributed by atoms with Gasteiger partial charge in [0.15, 0.2) is 0 Å². The molecule has 6 heteroatoms. The number of nitrogens with two attached hydrogens (primary N) is 1. The summed E-state index contributed by atoms with van der Waals surface area (Å²) >= 11 is 6.27. The summed E-state index contributed by atoms with van der Waals surface area (Å²) in [6.45, 7) is 3.88. The van der Waals surface area contributed by atoms with Gasteiger partial charge in [-0.25, -0.2) is 4.98 Å². The number of carbonyl (C=O) groups excluding carboxylic acids is 1. The zero-order valence-corrected chi connectivity index (χ0v) is 11.0. The zero-order valence-electron chi connectivity index (χ0n) is 9.32. The first-order valence-electron chi connectivity index (χ1n) is 5.07. The zero-order chi connectivity index (χ0) is 12.1. The van der Waals surface area contributed by atoms with Gasteiger partial charge in [-0.05, 0) is 13.3 Å². The lowest BCUT2D eigenvalue weighted by molar-refractivity contribution is 0.0949. The van der Waals surface area contributed by atoms with E-state index in [4.69, 9.17) is 18.0 Å². The maximum atomic E-state index is 11.8. The Morgan fingerprint density at radius 1 is 1.75 bits per heavy atom. The quantitative estimate of drug-likeness (QED) is 0.787. The molecule has 1 atom stereocenters. The fourth-order valence-electron chi connectivity index (χ4n) is 1.27. The molecule has 1 amide bonds. The lowest BCUT2D eigenvalue weighted by Gasteiger charge is -2.15. The summed E-state index contributed by atoms with van der Waals surface area (Å²) in [5.41, 5.74) is 5.56. The van der Waals surface area contributed by atoms with E-state index in [0.29, 0.717) is 9.87 Å². The summed E-state index contributed by atoms with van der Waals surface area (Å²) in [6, 6.07) is -0.227. The minimum absolute atomic E-state index is 0.156. The van der Waals surface area contributed by atoms with E-state index in [1.54, 1.807) is 6.20 Å². The maximum absolute atomic E-state index is 11.8. The van der Waals surface area contributed by atoms with Crippen LogP contribution >= 0.6 is 23.6 Å². The third-order valence-electron chi connectivity index (χ3n) is 2.07. The predicted molar refractivity (Wildman–Crippen MR) is 69.8 cm³/mol. The van der Waals surface area contributed by atoms with Crippen LogP contribution in [0.4, 0.5) is 0 Å². The molecule has 88 valence electrons. The fraction of sp³-hybridized carbons (Fsp3) is 0.500. The van der Waals surface area contributed by atoms with Gasteiger partial charge in [0.05, 0.1) is 22.2 Å². The van der Waals surface area contributed by atoms with Crippen molar-refractivity contribution >= 4 is 34.5 Å². The van der Waals surface area contributed by atoms with E-state index in [0.717, 1.165) is 17.8 Å². The second-order valence-electron chi connectivity index (χ2n) is 3.46. The van der Waals surface area contributed by atoms with Gasteiger partial charge in [0.1, 0.15) is 4.88 Å². The normalized spacial score (nSPS) is 12.1. The highest BCUT2D eigenvalue weighted by molar-refractivity contribution is 7.80. The molecule has 0 aliphatic heterocycles. The molecule has 0 radical (unpaired) electrons. The van der Waals surface area contributed by atoms with E-state index < -0.39 is 0 Å². The van der Waals surface area contributed by atoms with E-state index in [2.05, 4.69) is 10.3 Å². The Morgan fingerprint density at radius 3 is 2.88 bits per heavy atom. The summed E-state index contributed by atoms with van der Waals surface area (Å²) in [7, 11) is 0. The van der Waals surface area contributed by atoms with Gasteiger partial charge in [0.2, 0.25) is 0 Å². The van der Waals surface area contributed by atoms with Crippen LogP contribution in [0.25, 0.3) is 0 Å². The van der Waals surface area contributed by atoms with Crippen molar-refractivity contribution in [3.63, 3.8) is 0 Å². The molecule has 1 aromatic heterocycles. The van der Waals surface area contributed by atoms with Crippen LogP contribution in [0.3, 0.4) is 0 Å². The SMILES string of the molecule is CCCC(NC(=O)c1cnc(C)s1)C(N)=S. The molecule has 0 aromatic carbocycles. The average Bonchev–Trinajstić information content (AvgIpc) is 2.64. The highest BCUT2D eigenvalue weighted by Gasteiger charge is 2.16. The van der Waals surface area contributed by atoms with Gasteiger partial charge in [-0.3, -0.25) is 4.79 Å². The molecule has 0 bridgehead atoms. The highest BCUT2D eigenvalue weighted by Crippen LogP contribution is 2.11. The van der Waals surface area contributed by atoms with Gasteiger partial charge in [-0.2, -0.15) is 0 Å². The molecule has 1 aromatic rings. The van der Waals surface area contributed by atoms with Crippen molar-refractivity contribution in [2.24, 2.45) is 5.73 Å². The van der Waals surface area contributed by atoms with Crippen molar-refractivity contribution in [1.82, 2.24) is 10.3 Å². The van der Waals surface area contributed by atoms with Crippen LogP contribution < -0.4 is 11.1 Å². The van der Waals surface area contributed by atoms with Gasteiger partial charge in [-0.1, -0.05) is 25.6 Å². The van der Waals surface area contributed by atoms with Crippen LogP contribution in [0, 0.1) is 6.92 Å². The third kappa shape index (κ3) is 3.53. The molecular formula is C10H15N3OS2. The van der Waals surface area contributed by atoms with Gasteiger partial charge in [0.25, 0.3) is 5.91 Å². The number of nitrogens with zero attached hydrogens (tertiary/aromatic N) is 1. The van der Waals surface area contributed by atoms with Crippen LogP contribution in [-0.2, 0) is 0 Å². The molecule has 1 rings (SSSR count). The second kappa shape index (κ2) is 5.91. The van der Waals surface area contributed by atoms with Crippen molar-refractivity contribution in [2.45, 2.75) is 32.7 Å². The Bertz CT molecular complexity index is 389. The summed E-state index contributed by atoms with van der Waals surface area (Å²) in [6.07, 6.45) is 3.25. The Balaban J connectivity index is 2.65. The molecule has 0 aliphatic rings. The van der Waals surface area contributed by atoms with Crippen LogP contribution in [-0.4, -0.2) is 21.9 Å². The van der Waals surface area contributed by atoms with Gasteiger partial charge in [0, 0.05) is 0 Å². The number of thiazole rings is 1. The van der Waals surface area contributed by atoms with Gasteiger partial charge >= 0.3 is 0 Å².